The molecule has 1 aliphatic heterocycles. The van der Waals surface area contributed by atoms with Crippen molar-refractivity contribution in [2.24, 2.45) is 5.92 Å². The van der Waals surface area contributed by atoms with Crippen molar-refractivity contribution in [2.75, 3.05) is 6.54 Å². The number of carbonyl (C=O) groups is 2. The lowest BCUT2D eigenvalue weighted by Crippen LogP contribution is -2.62. The van der Waals surface area contributed by atoms with Gasteiger partial charge in [0.15, 0.2) is 0 Å². The maximum absolute atomic E-state index is 11.7. The molecule has 0 radical (unpaired) electrons. The molecule has 1 N–H and O–H groups in total. The van der Waals surface area contributed by atoms with E-state index < -0.39 is 23.7 Å². The van der Waals surface area contributed by atoms with Crippen molar-refractivity contribution < 1.29 is 19.4 Å². The zero-order valence-corrected chi connectivity index (χ0v) is 10.2. The summed E-state index contributed by atoms with van der Waals surface area (Å²) in [6, 6.07) is -0.722. The van der Waals surface area contributed by atoms with E-state index >= 15 is 0 Å². The Hall–Kier alpha value is -1.26. The quantitative estimate of drug-likeness (QED) is 0.782. The average Bonchev–Trinajstić information content (AvgIpc) is 1.97. The molecule has 1 fully saturated rings. The van der Waals surface area contributed by atoms with Crippen LogP contribution in [0, 0.1) is 5.92 Å². The molecule has 1 saturated heterocycles. The molecule has 0 aromatic heterocycles. The molecule has 0 spiro atoms. The van der Waals surface area contributed by atoms with E-state index in [2.05, 4.69) is 0 Å². The van der Waals surface area contributed by atoms with E-state index in [1.165, 1.54) is 4.90 Å². The van der Waals surface area contributed by atoms with Crippen LogP contribution in [0.3, 0.4) is 0 Å². The number of aliphatic carboxylic acids is 1. The molecule has 16 heavy (non-hydrogen) atoms. The summed E-state index contributed by atoms with van der Waals surface area (Å²) in [6.45, 7) is 7.68. The van der Waals surface area contributed by atoms with Crippen LogP contribution in [0.2, 0.25) is 0 Å². The van der Waals surface area contributed by atoms with Gasteiger partial charge in [0.05, 0.1) is 0 Å². The first-order chi connectivity index (χ1) is 7.26. The summed E-state index contributed by atoms with van der Waals surface area (Å²) in [4.78, 5) is 23.9. The molecule has 0 saturated carbocycles. The summed E-state index contributed by atoms with van der Waals surface area (Å²) < 4.78 is 5.14. The number of ether oxygens (including phenoxy) is 1. The molecule has 0 aliphatic carbocycles. The number of amides is 1. The van der Waals surface area contributed by atoms with Crippen molar-refractivity contribution in [3.05, 3.63) is 0 Å². The normalized spacial score (nSPS) is 24.9. The maximum Gasteiger partial charge on any atom is 0.411 e. The number of nitrogens with zero attached hydrogens (tertiary/aromatic N) is 1. The molecule has 92 valence electrons. The predicted octanol–water partition coefficient (Wildman–Crippen LogP) is 1.72. The van der Waals surface area contributed by atoms with Crippen LogP contribution in [-0.2, 0) is 9.53 Å². The first-order valence-electron chi connectivity index (χ1n) is 5.48. The maximum atomic E-state index is 11.7. The number of carbonyl (C=O) groups excluding carboxylic acids is 1. The third-order valence-electron chi connectivity index (χ3n) is 2.62. The molecule has 2 unspecified atom stereocenters. The fourth-order valence-corrected chi connectivity index (χ4v) is 1.78. The highest BCUT2D eigenvalue weighted by atomic mass is 16.6. The van der Waals surface area contributed by atoms with Gasteiger partial charge in [0.25, 0.3) is 0 Å². The highest BCUT2D eigenvalue weighted by Gasteiger charge is 2.47. The molecule has 1 aliphatic rings. The van der Waals surface area contributed by atoms with E-state index in [4.69, 9.17) is 9.84 Å². The van der Waals surface area contributed by atoms with Crippen molar-refractivity contribution in [3.8, 4) is 0 Å². The molecular formula is C11H19NO4. The SMILES string of the molecule is CCC1CN(C(=O)OC(C)(C)C)C1C(=O)O. The first kappa shape index (κ1) is 12.8. The number of carboxylic acids is 1. The largest absolute Gasteiger partial charge is 0.480 e. The van der Waals surface area contributed by atoms with Crippen molar-refractivity contribution >= 4 is 12.1 Å². The Labute approximate surface area is 95.4 Å². The standard InChI is InChI=1S/C11H19NO4/c1-5-7-6-12(8(7)9(13)14)10(15)16-11(2,3)4/h7-8H,5-6H2,1-4H3,(H,13,14). The average molecular weight is 229 g/mol. The zero-order chi connectivity index (χ0) is 12.5. The number of hydrogen-bond donors (Lipinski definition) is 1. The smallest absolute Gasteiger partial charge is 0.411 e. The number of hydrogen-bond acceptors (Lipinski definition) is 3. The van der Waals surface area contributed by atoms with Crippen molar-refractivity contribution in [1.29, 1.82) is 0 Å². The molecule has 2 atom stereocenters. The summed E-state index contributed by atoms with van der Waals surface area (Å²) in [7, 11) is 0. The van der Waals surface area contributed by atoms with Crippen LogP contribution in [0.1, 0.15) is 34.1 Å². The molecule has 1 amide bonds. The van der Waals surface area contributed by atoms with Crippen LogP contribution < -0.4 is 0 Å². The van der Waals surface area contributed by atoms with E-state index in [9.17, 15) is 9.59 Å². The van der Waals surface area contributed by atoms with Crippen molar-refractivity contribution in [2.45, 2.75) is 45.8 Å². The summed E-state index contributed by atoms with van der Waals surface area (Å²) in [5.41, 5.74) is -0.586. The van der Waals surface area contributed by atoms with Gasteiger partial charge in [0.2, 0.25) is 0 Å². The lowest BCUT2D eigenvalue weighted by molar-refractivity contribution is -0.152. The predicted molar refractivity (Wildman–Crippen MR) is 58.1 cm³/mol. The molecule has 0 aromatic carbocycles. The van der Waals surface area contributed by atoms with Gasteiger partial charge in [-0.15, -0.1) is 0 Å². The van der Waals surface area contributed by atoms with Crippen LogP contribution >= 0.6 is 0 Å². The van der Waals surface area contributed by atoms with E-state index in [1.807, 2.05) is 6.92 Å². The fourth-order valence-electron chi connectivity index (χ4n) is 1.78. The second-order valence-corrected chi connectivity index (χ2v) is 5.08. The van der Waals surface area contributed by atoms with Crippen LogP contribution in [-0.4, -0.2) is 40.3 Å². The molecular weight excluding hydrogens is 210 g/mol. The van der Waals surface area contributed by atoms with E-state index in [0.717, 1.165) is 6.42 Å². The van der Waals surface area contributed by atoms with Crippen LogP contribution in [0.25, 0.3) is 0 Å². The van der Waals surface area contributed by atoms with Crippen LogP contribution in [0.4, 0.5) is 4.79 Å². The highest BCUT2D eigenvalue weighted by molar-refractivity contribution is 5.82. The van der Waals surface area contributed by atoms with Gasteiger partial charge in [-0.3, -0.25) is 4.90 Å². The Kier molecular flexibility index (Phi) is 3.45. The Bertz CT molecular complexity index is 295. The molecule has 1 rings (SSSR count). The van der Waals surface area contributed by atoms with Crippen LogP contribution in [0.5, 0.6) is 0 Å². The summed E-state index contributed by atoms with van der Waals surface area (Å²) in [5.74, 6) is -0.908. The molecule has 0 bridgehead atoms. The number of rotatable bonds is 2. The van der Waals surface area contributed by atoms with Gasteiger partial charge in [-0.05, 0) is 27.2 Å². The third kappa shape index (κ3) is 2.65. The van der Waals surface area contributed by atoms with Gasteiger partial charge >= 0.3 is 12.1 Å². The van der Waals surface area contributed by atoms with E-state index in [-0.39, 0.29) is 5.92 Å². The molecule has 1 heterocycles. The zero-order valence-electron chi connectivity index (χ0n) is 10.2. The Morgan fingerprint density at radius 3 is 2.38 bits per heavy atom. The molecule has 5 nitrogen and oxygen atoms in total. The minimum atomic E-state index is -0.955. The Morgan fingerprint density at radius 2 is 2.00 bits per heavy atom. The van der Waals surface area contributed by atoms with Gasteiger partial charge in [-0.2, -0.15) is 0 Å². The molecule has 5 heteroatoms. The Balaban J connectivity index is 2.62. The summed E-state index contributed by atoms with van der Waals surface area (Å²) in [6.07, 6.45) is 0.223. The van der Waals surface area contributed by atoms with Gasteiger partial charge < -0.3 is 9.84 Å². The van der Waals surface area contributed by atoms with Crippen LogP contribution in [0.15, 0.2) is 0 Å². The minimum absolute atomic E-state index is 0.0463. The minimum Gasteiger partial charge on any atom is -0.480 e. The lowest BCUT2D eigenvalue weighted by Gasteiger charge is -2.45. The lowest BCUT2D eigenvalue weighted by atomic mass is 9.87. The van der Waals surface area contributed by atoms with E-state index in [0.29, 0.717) is 6.54 Å². The van der Waals surface area contributed by atoms with Gasteiger partial charge in [0, 0.05) is 12.5 Å². The first-order valence-corrected chi connectivity index (χ1v) is 5.48. The highest BCUT2D eigenvalue weighted by Crippen LogP contribution is 2.29. The second kappa shape index (κ2) is 4.31. The number of carboxylic acid groups (broad SMARTS) is 1. The van der Waals surface area contributed by atoms with Gasteiger partial charge in [0.1, 0.15) is 11.6 Å². The Morgan fingerprint density at radius 1 is 1.44 bits per heavy atom. The van der Waals surface area contributed by atoms with Crippen molar-refractivity contribution in [3.63, 3.8) is 0 Å². The number of likely N-dealkylation sites (tertiary alicyclic amines) is 1. The van der Waals surface area contributed by atoms with Gasteiger partial charge in [-0.25, -0.2) is 9.59 Å². The summed E-state index contributed by atoms with van der Waals surface area (Å²) >= 11 is 0. The van der Waals surface area contributed by atoms with E-state index in [1.54, 1.807) is 20.8 Å². The second-order valence-electron chi connectivity index (χ2n) is 5.08. The molecule has 0 aromatic rings. The van der Waals surface area contributed by atoms with Gasteiger partial charge in [-0.1, -0.05) is 6.92 Å². The third-order valence-corrected chi connectivity index (χ3v) is 2.62. The summed E-state index contributed by atoms with van der Waals surface area (Å²) in [5, 5.41) is 9.00. The fraction of sp³-hybridized carbons (Fsp3) is 0.818. The topological polar surface area (TPSA) is 66.8 Å². The monoisotopic (exact) mass is 229 g/mol. The van der Waals surface area contributed by atoms with Crippen molar-refractivity contribution in [1.82, 2.24) is 4.90 Å².